The fraction of sp³-hybridized carbons (Fsp3) is 0.200. The molecular formula is C5H6N2S2. The summed E-state index contributed by atoms with van der Waals surface area (Å²) < 4.78 is 0. The van der Waals surface area contributed by atoms with E-state index in [-0.39, 0.29) is 0 Å². The van der Waals surface area contributed by atoms with Crippen LogP contribution in [0.25, 0.3) is 0 Å². The van der Waals surface area contributed by atoms with Crippen molar-refractivity contribution in [3.05, 3.63) is 12.7 Å². The Labute approximate surface area is 64.8 Å². The highest BCUT2D eigenvalue weighted by atomic mass is 32.1. The standard InChI is InChI=1S/C4H5NS.CHNS/c1-2-3-5-4-6;2-1-3/h2H,1,3H2;2H. The number of nitrogens with zero attached hydrogens (tertiary/aromatic N) is 1. The van der Waals surface area contributed by atoms with Crippen molar-refractivity contribution in [1.29, 1.82) is 5.41 Å². The van der Waals surface area contributed by atoms with Crippen LogP contribution in [-0.2, 0) is 0 Å². The van der Waals surface area contributed by atoms with Crippen LogP contribution < -0.4 is 0 Å². The molecule has 0 saturated carbocycles. The molecule has 0 rings (SSSR count). The zero-order chi connectivity index (χ0) is 7.54. The lowest BCUT2D eigenvalue weighted by Crippen LogP contribution is -1.61. The number of hydrogen-bond acceptors (Lipinski definition) is 4. The van der Waals surface area contributed by atoms with Crippen LogP contribution in [0.3, 0.4) is 0 Å². The number of aliphatic imine (C=N–C) groups is 1. The molecule has 4 heteroatoms. The van der Waals surface area contributed by atoms with Crippen molar-refractivity contribution in [3.63, 3.8) is 0 Å². The summed E-state index contributed by atoms with van der Waals surface area (Å²) in [4.78, 5) is 3.54. The van der Waals surface area contributed by atoms with Crippen LogP contribution in [-0.4, -0.2) is 16.9 Å². The van der Waals surface area contributed by atoms with Gasteiger partial charge in [-0.3, -0.25) is 0 Å². The van der Waals surface area contributed by atoms with Gasteiger partial charge >= 0.3 is 0 Å². The smallest absolute Gasteiger partial charge is 0.0671 e. The third-order valence-corrected chi connectivity index (χ3v) is 0.414. The van der Waals surface area contributed by atoms with E-state index in [2.05, 4.69) is 41.2 Å². The van der Waals surface area contributed by atoms with E-state index in [0.717, 1.165) is 0 Å². The maximum Gasteiger partial charge on any atom is 0.0671 e. The van der Waals surface area contributed by atoms with E-state index in [0.29, 0.717) is 6.54 Å². The lowest BCUT2D eigenvalue weighted by molar-refractivity contribution is 1.27. The molecule has 0 aliphatic heterocycles. The van der Waals surface area contributed by atoms with E-state index in [9.17, 15) is 0 Å². The van der Waals surface area contributed by atoms with Crippen LogP contribution >= 0.6 is 24.4 Å². The van der Waals surface area contributed by atoms with Crippen LogP contribution in [0.2, 0.25) is 0 Å². The van der Waals surface area contributed by atoms with Crippen molar-refractivity contribution in [3.8, 4) is 0 Å². The summed E-state index contributed by atoms with van der Waals surface area (Å²) in [6, 6.07) is 0. The molecule has 0 radical (unpaired) electrons. The van der Waals surface area contributed by atoms with Gasteiger partial charge in [0.1, 0.15) is 0 Å². The average Bonchev–Trinajstić information content (AvgIpc) is 1.86. The first-order chi connectivity index (χ1) is 4.33. The molecule has 0 bridgehead atoms. The summed E-state index contributed by atoms with van der Waals surface area (Å²) in [7, 11) is 0. The first-order valence-corrected chi connectivity index (χ1v) is 2.83. The molecule has 2 nitrogen and oxygen atoms in total. The van der Waals surface area contributed by atoms with Gasteiger partial charge in [-0.2, -0.15) is 0 Å². The first kappa shape index (κ1) is 11.2. The minimum atomic E-state index is 0.587. The van der Waals surface area contributed by atoms with Gasteiger partial charge < -0.3 is 0 Å². The van der Waals surface area contributed by atoms with E-state index in [1.165, 1.54) is 0 Å². The minimum absolute atomic E-state index is 0.587. The predicted molar refractivity (Wildman–Crippen MR) is 45.4 cm³/mol. The van der Waals surface area contributed by atoms with Crippen molar-refractivity contribution in [2.45, 2.75) is 0 Å². The quantitative estimate of drug-likeness (QED) is 0.379. The molecule has 0 aliphatic carbocycles. The Kier molecular flexibility index (Phi) is 19.5. The van der Waals surface area contributed by atoms with Gasteiger partial charge in [0.25, 0.3) is 0 Å². The molecule has 0 aliphatic rings. The number of hydrogen-bond donors (Lipinski definition) is 1. The third kappa shape index (κ3) is 38.2. The van der Waals surface area contributed by atoms with Gasteiger partial charge in [-0.15, -0.1) is 6.58 Å². The summed E-state index contributed by atoms with van der Waals surface area (Å²) in [5.74, 6) is 0. The number of nitrogens with one attached hydrogen (secondary N) is 1. The van der Waals surface area contributed by atoms with Gasteiger partial charge in [0, 0.05) is 0 Å². The van der Waals surface area contributed by atoms with Crippen molar-refractivity contribution in [1.82, 2.24) is 0 Å². The Morgan fingerprint density at radius 2 is 2.11 bits per heavy atom. The van der Waals surface area contributed by atoms with Crippen LogP contribution in [0, 0.1) is 5.41 Å². The van der Waals surface area contributed by atoms with Gasteiger partial charge in [0.05, 0.1) is 16.9 Å². The van der Waals surface area contributed by atoms with Crippen molar-refractivity contribution in [2.75, 3.05) is 6.54 Å². The van der Waals surface area contributed by atoms with Gasteiger partial charge in [-0.1, -0.05) is 6.08 Å². The van der Waals surface area contributed by atoms with Crippen LogP contribution in [0.1, 0.15) is 0 Å². The zero-order valence-corrected chi connectivity index (χ0v) is 6.39. The van der Waals surface area contributed by atoms with Crippen molar-refractivity contribution in [2.24, 2.45) is 4.99 Å². The molecule has 9 heavy (non-hydrogen) atoms. The SMILES string of the molecule is C=CCN=C=S.N=C=S. The molecule has 0 atom stereocenters. The lowest BCUT2D eigenvalue weighted by atomic mass is 10.7. The summed E-state index contributed by atoms with van der Waals surface area (Å²) in [5.41, 5.74) is 0. The molecule has 48 valence electrons. The summed E-state index contributed by atoms with van der Waals surface area (Å²) in [6.45, 7) is 4.00. The Morgan fingerprint density at radius 1 is 1.67 bits per heavy atom. The molecule has 0 aromatic rings. The van der Waals surface area contributed by atoms with Gasteiger partial charge in [0.2, 0.25) is 0 Å². The van der Waals surface area contributed by atoms with E-state index in [4.69, 9.17) is 5.41 Å². The van der Waals surface area contributed by atoms with E-state index in [1.54, 1.807) is 11.2 Å². The third-order valence-electron chi connectivity index (χ3n) is 0.285. The Bertz CT molecular complexity index is 141. The second-order valence-electron chi connectivity index (χ2n) is 0.823. The Morgan fingerprint density at radius 3 is 2.22 bits per heavy atom. The molecule has 0 saturated heterocycles. The topological polar surface area (TPSA) is 36.2 Å². The molecule has 0 amide bonds. The maximum atomic E-state index is 5.77. The molecule has 0 heterocycles. The zero-order valence-electron chi connectivity index (χ0n) is 4.76. The predicted octanol–water partition coefficient (Wildman–Crippen LogP) is 1.94. The maximum absolute atomic E-state index is 5.77. The second-order valence-corrected chi connectivity index (χ2v) is 1.21. The fourth-order valence-electron chi connectivity index (χ4n) is 0.102. The summed E-state index contributed by atoms with van der Waals surface area (Å²) in [5, 5.41) is 9.56. The van der Waals surface area contributed by atoms with Crippen LogP contribution in [0.4, 0.5) is 0 Å². The largest absolute Gasteiger partial charge is 0.248 e. The van der Waals surface area contributed by atoms with Crippen LogP contribution in [0.15, 0.2) is 17.6 Å². The minimum Gasteiger partial charge on any atom is -0.248 e. The molecular weight excluding hydrogens is 152 g/mol. The highest BCUT2D eigenvalue weighted by Crippen LogP contribution is 1.62. The fourth-order valence-corrected chi connectivity index (χ4v) is 0.176. The molecule has 0 aromatic heterocycles. The second kappa shape index (κ2) is 15.7. The molecule has 0 unspecified atom stereocenters. The monoisotopic (exact) mass is 158 g/mol. The average molecular weight is 158 g/mol. The highest BCUT2D eigenvalue weighted by molar-refractivity contribution is 7.78. The van der Waals surface area contributed by atoms with E-state index >= 15 is 0 Å². The van der Waals surface area contributed by atoms with E-state index in [1.807, 2.05) is 0 Å². The number of thiocarbonyl (C=S) groups is 2. The summed E-state index contributed by atoms with van der Waals surface area (Å²) >= 11 is 8.06. The first-order valence-electron chi connectivity index (χ1n) is 2.01. The number of rotatable bonds is 2. The van der Waals surface area contributed by atoms with Crippen molar-refractivity contribution >= 4 is 34.8 Å². The normalized spacial score (nSPS) is 4.89. The van der Waals surface area contributed by atoms with Gasteiger partial charge in [0.15, 0.2) is 0 Å². The lowest BCUT2D eigenvalue weighted by Gasteiger charge is -1.65. The molecule has 1 N–H and O–H groups in total. The molecule has 0 fully saturated rings. The Balaban J connectivity index is 0. The van der Waals surface area contributed by atoms with Crippen LogP contribution in [0.5, 0.6) is 0 Å². The molecule has 0 aromatic carbocycles. The Hall–Kier alpha value is -0.660. The van der Waals surface area contributed by atoms with E-state index < -0.39 is 0 Å². The number of isothiocyanates is 2. The van der Waals surface area contributed by atoms with Crippen molar-refractivity contribution < 1.29 is 0 Å². The highest BCUT2D eigenvalue weighted by Gasteiger charge is 1.56. The van der Waals surface area contributed by atoms with Gasteiger partial charge in [-0.25, -0.2) is 10.4 Å². The summed E-state index contributed by atoms with van der Waals surface area (Å²) in [6.07, 6.45) is 1.67. The van der Waals surface area contributed by atoms with Gasteiger partial charge in [-0.05, 0) is 24.4 Å². The molecule has 0 spiro atoms.